The van der Waals surface area contributed by atoms with E-state index in [0.717, 1.165) is 5.56 Å². The second-order valence-corrected chi connectivity index (χ2v) is 7.42. The van der Waals surface area contributed by atoms with E-state index in [2.05, 4.69) is 16.0 Å². The molecule has 0 unspecified atom stereocenters. The molecule has 3 rings (SSSR count). The summed E-state index contributed by atoms with van der Waals surface area (Å²) in [7, 11) is 0. The van der Waals surface area contributed by atoms with Crippen molar-refractivity contribution in [1.29, 1.82) is 5.26 Å². The van der Waals surface area contributed by atoms with Gasteiger partial charge in [-0.25, -0.2) is 14.6 Å². The molecule has 0 aromatic carbocycles. The molecule has 1 saturated heterocycles. The minimum Gasteiger partial charge on any atom is -0.481 e. The van der Waals surface area contributed by atoms with E-state index in [0.29, 0.717) is 43.0 Å². The van der Waals surface area contributed by atoms with Crippen molar-refractivity contribution in [3.8, 4) is 6.07 Å². The molecule has 1 aliphatic heterocycles. The van der Waals surface area contributed by atoms with E-state index >= 15 is 0 Å². The SMILES string of the molecule is CCOC(=O)c1cc(C#N)c(N2CCC(C(=O)O)CC2)nc1C.Cc1ccncc1C(=O)O. The molecule has 174 valence electrons. The molecule has 10 heteroatoms. The van der Waals surface area contributed by atoms with Crippen molar-refractivity contribution in [1.82, 2.24) is 9.97 Å². The van der Waals surface area contributed by atoms with Crippen LogP contribution in [-0.4, -0.2) is 57.8 Å². The Hall–Kier alpha value is -4.00. The topological polar surface area (TPSA) is 154 Å². The summed E-state index contributed by atoms with van der Waals surface area (Å²) in [5, 5.41) is 26.9. The standard InChI is InChI=1S/C16H19N3O4.C7H7NO2/c1-3-23-16(22)13-8-12(9-17)14(18-10(13)2)19-6-4-11(5-7-19)15(20)21;1-5-2-3-8-4-6(5)7(9)10/h8,11H,3-7H2,1-2H3,(H,20,21);2-4H,1H3,(H,9,10). The predicted molar refractivity (Wildman–Crippen MR) is 118 cm³/mol. The highest BCUT2D eigenvalue weighted by atomic mass is 16.5. The number of carboxylic acid groups (broad SMARTS) is 2. The third kappa shape index (κ3) is 6.49. The van der Waals surface area contributed by atoms with Gasteiger partial charge in [0.05, 0.1) is 34.9 Å². The third-order valence-corrected chi connectivity index (χ3v) is 5.22. The molecule has 2 aromatic rings. The van der Waals surface area contributed by atoms with E-state index < -0.39 is 17.9 Å². The number of aryl methyl sites for hydroxylation is 2. The number of rotatable bonds is 5. The third-order valence-electron chi connectivity index (χ3n) is 5.22. The molecule has 0 amide bonds. The van der Waals surface area contributed by atoms with E-state index in [1.807, 2.05) is 4.90 Å². The fraction of sp³-hybridized carbons (Fsp3) is 0.391. The summed E-state index contributed by atoms with van der Waals surface area (Å²) in [5.74, 6) is -2.05. The zero-order valence-corrected chi connectivity index (χ0v) is 18.7. The highest BCUT2D eigenvalue weighted by molar-refractivity contribution is 5.91. The maximum atomic E-state index is 11.9. The molecule has 0 bridgehead atoms. The molecule has 0 radical (unpaired) electrons. The first kappa shape index (κ1) is 25.3. The van der Waals surface area contributed by atoms with E-state index in [9.17, 15) is 19.6 Å². The van der Waals surface area contributed by atoms with Crippen LogP contribution in [0.15, 0.2) is 24.5 Å². The summed E-state index contributed by atoms with van der Waals surface area (Å²) >= 11 is 0. The maximum absolute atomic E-state index is 11.9. The number of aliphatic carboxylic acids is 1. The van der Waals surface area contributed by atoms with E-state index in [1.54, 1.807) is 33.0 Å². The van der Waals surface area contributed by atoms with E-state index in [1.165, 1.54) is 12.3 Å². The van der Waals surface area contributed by atoms with Gasteiger partial charge in [0, 0.05) is 25.5 Å². The molecule has 0 saturated carbocycles. The minimum absolute atomic E-state index is 0.255. The van der Waals surface area contributed by atoms with Crippen LogP contribution in [0.5, 0.6) is 0 Å². The van der Waals surface area contributed by atoms with Gasteiger partial charge in [-0.2, -0.15) is 5.26 Å². The zero-order valence-electron chi connectivity index (χ0n) is 18.7. The van der Waals surface area contributed by atoms with Crippen LogP contribution in [0.4, 0.5) is 5.82 Å². The monoisotopic (exact) mass is 454 g/mol. The lowest BCUT2D eigenvalue weighted by atomic mass is 9.96. The van der Waals surface area contributed by atoms with Gasteiger partial charge in [-0.3, -0.25) is 9.78 Å². The normalized spacial score (nSPS) is 13.3. The van der Waals surface area contributed by atoms with Crippen LogP contribution in [0.25, 0.3) is 0 Å². The van der Waals surface area contributed by atoms with Crippen LogP contribution in [0.2, 0.25) is 0 Å². The summed E-state index contributed by atoms with van der Waals surface area (Å²) in [6, 6.07) is 5.23. The molecule has 1 fully saturated rings. The number of carboxylic acids is 2. The molecule has 0 aliphatic carbocycles. The molecule has 3 heterocycles. The summed E-state index contributed by atoms with van der Waals surface area (Å²) in [4.78, 5) is 43.3. The summed E-state index contributed by atoms with van der Waals surface area (Å²) in [6.45, 7) is 6.46. The Balaban J connectivity index is 0.000000321. The number of hydrogen-bond donors (Lipinski definition) is 2. The van der Waals surface area contributed by atoms with Gasteiger partial charge in [0.1, 0.15) is 11.9 Å². The highest BCUT2D eigenvalue weighted by Gasteiger charge is 2.27. The van der Waals surface area contributed by atoms with Gasteiger partial charge in [0.15, 0.2) is 0 Å². The van der Waals surface area contributed by atoms with Crippen LogP contribution in [-0.2, 0) is 9.53 Å². The van der Waals surface area contributed by atoms with E-state index in [4.69, 9.17) is 14.9 Å². The van der Waals surface area contributed by atoms with E-state index in [-0.39, 0.29) is 23.7 Å². The van der Waals surface area contributed by atoms with Crippen LogP contribution >= 0.6 is 0 Å². The number of nitriles is 1. The number of piperidine rings is 1. The highest BCUT2D eigenvalue weighted by Crippen LogP contribution is 2.26. The Labute approximate surface area is 191 Å². The second kappa shape index (κ2) is 11.6. The largest absolute Gasteiger partial charge is 0.481 e. The Morgan fingerprint density at radius 3 is 2.36 bits per heavy atom. The van der Waals surface area contributed by atoms with Gasteiger partial charge in [-0.05, 0) is 51.3 Å². The smallest absolute Gasteiger partial charge is 0.340 e. The van der Waals surface area contributed by atoms with Crippen LogP contribution < -0.4 is 4.90 Å². The van der Waals surface area contributed by atoms with Gasteiger partial charge >= 0.3 is 17.9 Å². The molecule has 10 nitrogen and oxygen atoms in total. The van der Waals surface area contributed by atoms with Crippen molar-refractivity contribution in [2.24, 2.45) is 5.92 Å². The summed E-state index contributed by atoms with van der Waals surface area (Å²) in [5.41, 5.74) is 2.09. The van der Waals surface area contributed by atoms with Crippen LogP contribution in [0, 0.1) is 31.1 Å². The number of anilines is 1. The fourth-order valence-corrected chi connectivity index (χ4v) is 3.36. The summed E-state index contributed by atoms with van der Waals surface area (Å²) < 4.78 is 4.97. The number of carbonyl (C=O) groups is 3. The number of pyridine rings is 2. The van der Waals surface area contributed by atoms with Crippen LogP contribution in [0.3, 0.4) is 0 Å². The molecule has 2 N–H and O–H groups in total. The van der Waals surface area contributed by atoms with Gasteiger partial charge in [-0.1, -0.05) is 0 Å². The fourth-order valence-electron chi connectivity index (χ4n) is 3.36. The summed E-state index contributed by atoms with van der Waals surface area (Å²) in [6.07, 6.45) is 3.94. The molecular weight excluding hydrogens is 428 g/mol. The number of carbonyl (C=O) groups excluding carboxylic acids is 1. The number of esters is 1. The first-order valence-corrected chi connectivity index (χ1v) is 10.4. The number of aromatic carboxylic acids is 1. The van der Waals surface area contributed by atoms with Crippen molar-refractivity contribution in [2.75, 3.05) is 24.6 Å². The van der Waals surface area contributed by atoms with Gasteiger partial charge < -0.3 is 19.8 Å². The number of hydrogen-bond acceptors (Lipinski definition) is 8. The lowest BCUT2D eigenvalue weighted by Crippen LogP contribution is -2.37. The molecule has 1 aliphatic rings. The average Bonchev–Trinajstić information content (AvgIpc) is 2.79. The van der Waals surface area contributed by atoms with Crippen molar-refractivity contribution in [3.05, 3.63) is 52.5 Å². The number of ether oxygens (including phenoxy) is 1. The van der Waals surface area contributed by atoms with Crippen molar-refractivity contribution < 1.29 is 29.3 Å². The minimum atomic E-state index is -0.925. The van der Waals surface area contributed by atoms with Gasteiger partial charge in [-0.15, -0.1) is 0 Å². The molecule has 0 spiro atoms. The Bertz CT molecular complexity index is 1070. The lowest BCUT2D eigenvalue weighted by Gasteiger charge is -2.31. The molecule has 33 heavy (non-hydrogen) atoms. The second-order valence-electron chi connectivity index (χ2n) is 7.42. The zero-order chi connectivity index (χ0) is 24.5. The molecule has 0 atom stereocenters. The predicted octanol–water partition coefficient (Wildman–Crippen LogP) is 2.83. The Morgan fingerprint density at radius 2 is 1.88 bits per heavy atom. The van der Waals surface area contributed by atoms with Gasteiger partial charge in [0.2, 0.25) is 0 Å². The Morgan fingerprint density at radius 1 is 1.21 bits per heavy atom. The molecule has 2 aromatic heterocycles. The quantitative estimate of drug-likeness (QED) is 0.644. The van der Waals surface area contributed by atoms with Crippen molar-refractivity contribution in [3.63, 3.8) is 0 Å². The van der Waals surface area contributed by atoms with Gasteiger partial charge in [0.25, 0.3) is 0 Å². The number of nitrogens with zero attached hydrogens (tertiary/aromatic N) is 4. The average molecular weight is 454 g/mol. The number of aromatic nitrogens is 2. The first-order valence-electron chi connectivity index (χ1n) is 10.4. The van der Waals surface area contributed by atoms with Crippen LogP contribution in [0.1, 0.15) is 57.3 Å². The van der Waals surface area contributed by atoms with Crippen molar-refractivity contribution in [2.45, 2.75) is 33.6 Å². The molecular formula is C23H26N4O6. The Kier molecular flexibility index (Phi) is 8.86. The lowest BCUT2D eigenvalue weighted by molar-refractivity contribution is -0.142. The van der Waals surface area contributed by atoms with Crippen molar-refractivity contribution >= 4 is 23.7 Å². The first-order chi connectivity index (χ1) is 15.7. The maximum Gasteiger partial charge on any atom is 0.340 e.